The molecule has 4 heteroatoms. The molecule has 1 heterocycles. The summed E-state index contributed by atoms with van der Waals surface area (Å²) in [5.74, 6) is 2.85. The third-order valence-corrected chi connectivity index (χ3v) is 4.05. The van der Waals surface area contributed by atoms with E-state index >= 15 is 0 Å². The summed E-state index contributed by atoms with van der Waals surface area (Å²) in [5.41, 5.74) is 6.21. The Morgan fingerprint density at radius 2 is 2.11 bits per heavy atom. The lowest BCUT2D eigenvalue weighted by Crippen LogP contribution is -2.37. The number of nitrogens with zero attached hydrogens (tertiary/aromatic N) is 2. The van der Waals surface area contributed by atoms with Crippen molar-refractivity contribution in [3.63, 3.8) is 0 Å². The highest BCUT2D eigenvalue weighted by molar-refractivity contribution is 5.00. The van der Waals surface area contributed by atoms with E-state index in [0.29, 0.717) is 18.2 Å². The molecule has 1 aromatic rings. The molecule has 2 N–H and O–H groups in total. The van der Waals surface area contributed by atoms with E-state index in [-0.39, 0.29) is 11.5 Å². The van der Waals surface area contributed by atoms with Crippen LogP contribution in [0.15, 0.2) is 4.52 Å². The fourth-order valence-corrected chi connectivity index (χ4v) is 2.45. The lowest BCUT2D eigenvalue weighted by molar-refractivity contribution is 0.285. The van der Waals surface area contributed by atoms with Crippen LogP contribution in [0.4, 0.5) is 0 Å². The third kappa shape index (κ3) is 3.10. The van der Waals surface area contributed by atoms with Crippen molar-refractivity contribution in [3.8, 4) is 0 Å². The van der Waals surface area contributed by atoms with Gasteiger partial charge < -0.3 is 10.3 Å². The monoisotopic (exact) mass is 251 g/mol. The maximum atomic E-state index is 6.14. The molecule has 18 heavy (non-hydrogen) atoms. The summed E-state index contributed by atoms with van der Waals surface area (Å²) in [4.78, 5) is 4.52. The summed E-state index contributed by atoms with van der Waals surface area (Å²) in [6, 6.07) is 0.0494. The Balaban J connectivity index is 1.98. The Hall–Kier alpha value is -0.900. The largest absolute Gasteiger partial charge is 0.339 e. The molecule has 4 nitrogen and oxygen atoms in total. The van der Waals surface area contributed by atoms with Crippen LogP contribution < -0.4 is 5.73 Å². The molecule has 0 bridgehead atoms. The highest BCUT2D eigenvalue weighted by Crippen LogP contribution is 2.36. The molecule has 1 aliphatic rings. The number of aromatic nitrogens is 2. The second-order valence-electron chi connectivity index (χ2n) is 6.84. The maximum Gasteiger partial charge on any atom is 0.228 e. The Bertz CT molecular complexity index is 394. The summed E-state index contributed by atoms with van der Waals surface area (Å²) in [6.45, 7) is 8.69. The average molecular weight is 251 g/mol. The van der Waals surface area contributed by atoms with Crippen LogP contribution in [0.1, 0.15) is 64.6 Å². The number of rotatable bonds is 3. The van der Waals surface area contributed by atoms with Crippen LogP contribution in [0.25, 0.3) is 0 Å². The minimum absolute atomic E-state index is 0.0494. The average Bonchev–Trinajstić information content (AvgIpc) is 2.85. The van der Waals surface area contributed by atoms with Gasteiger partial charge in [-0.05, 0) is 30.6 Å². The lowest BCUT2D eigenvalue weighted by atomic mass is 9.85. The minimum atomic E-state index is 0.0494. The lowest BCUT2D eigenvalue weighted by Gasteiger charge is -2.25. The van der Waals surface area contributed by atoms with Gasteiger partial charge >= 0.3 is 0 Å². The van der Waals surface area contributed by atoms with Crippen LogP contribution >= 0.6 is 0 Å². The Labute approximate surface area is 109 Å². The molecule has 0 aliphatic heterocycles. The molecule has 0 amide bonds. The van der Waals surface area contributed by atoms with Crippen molar-refractivity contribution in [2.75, 3.05) is 0 Å². The molecule has 2 rings (SSSR count). The van der Waals surface area contributed by atoms with Crippen molar-refractivity contribution >= 4 is 0 Å². The molecule has 0 saturated heterocycles. The second-order valence-corrected chi connectivity index (χ2v) is 6.84. The summed E-state index contributed by atoms with van der Waals surface area (Å²) < 4.78 is 5.34. The predicted octanol–water partition coefficient (Wildman–Crippen LogP) is 2.89. The van der Waals surface area contributed by atoms with Crippen molar-refractivity contribution in [1.29, 1.82) is 0 Å². The molecule has 0 spiro atoms. The first-order chi connectivity index (χ1) is 8.36. The van der Waals surface area contributed by atoms with Crippen molar-refractivity contribution in [2.45, 2.75) is 65.3 Å². The summed E-state index contributed by atoms with van der Waals surface area (Å²) in [5, 5.41) is 4.13. The smallest absolute Gasteiger partial charge is 0.228 e. The highest BCUT2D eigenvalue weighted by atomic mass is 16.5. The van der Waals surface area contributed by atoms with Gasteiger partial charge in [0, 0.05) is 18.4 Å². The standard InChI is InChI=1S/C14H25N3O/c1-9-5-6-10(7-9)13-16-12(18-17-13)8-11(15)14(2,3)4/h9-11H,5-8,15H2,1-4H3. The molecular weight excluding hydrogens is 226 g/mol. The SMILES string of the molecule is CC1CCC(c2noc(CC(N)C(C)(C)C)n2)C1. The number of hydrogen-bond acceptors (Lipinski definition) is 4. The summed E-state index contributed by atoms with van der Waals surface area (Å²) in [6.07, 6.45) is 4.31. The molecule has 1 aromatic heterocycles. The van der Waals surface area contributed by atoms with E-state index in [4.69, 9.17) is 10.3 Å². The third-order valence-electron chi connectivity index (χ3n) is 4.05. The van der Waals surface area contributed by atoms with Crippen LogP contribution in [0.2, 0.25) is 0 Å². The fourth-order valence-electron chi connectivity index (χ4n) is 2.45. The Kier molecular flexibility index (Phi) is 3.76. The van der Waals surface area contributed by atoms with Crippen LogP contribution in [-0.2, 0) is 6.42 Å². The van der Waals surface area contributed by atoms with Gasteiger partial charge in [-0.3, -0.25) is 0 Å². The number of hydrogen-bond donors (Lipinski definition) is 1. The van der Waals surface area contributed by atoms with Gasteiger partial charge in [-0.1, -0.05) is 32.9 Å². The van der Waals surface area contributed by atoms with Crippen LogP contribution in [0.3, 0.4) is 0 Å². The summed E-state index contributed by atoms with van der Waals surface area (Å²) >= 11 is 0. The first-order valence-electron chi connectivity index (χ1n) is 6.94. The molecule has 0 radical (unpaired) electrons. The van der Waals surface area contributed by atoms with Crippen molar-refractivity contribution in [2.24, 2.45) is 17.1 Å². The first-order valence-corrected chi connectivity index (χ1v) is 6.94. The molecule has 1 aliphatic carbocycles. The zero-order chi connectivity index (χ0) is 13.3. The normalized spacial score (nSPS) is 26.5. The zero-order valence-corrected chi connectivity index (χ0v) is 11.9. The van der Waals surface area contributed by atoms with Gasteiger partial charge in [0.25, 0.3) is 0 Å². The quantitative estimate of drug-likeness (QED) is 0.897. The van der Waals surface area contributed by atoms with E-state index in [1.807, 2.05) is 0 Å². The van der Waals surface area contributed by atoms with Gasteiger partial charge in [0.05, 0.1) is 0 Å². The van der Waals surface area contributed by atoms with E-state index < -0.39 is 0 Å². The van der Waals surface area contributed by atoms with Crippen LogP contribution in [0, 0.1) is 11.3 Å². The topological polar surface area (TPSA) is 64.9 Å². The highest BCUT2D eigenvalue weighted by Gasteiger charge is 2.28. The molecule has 102 valence electrons. The van der Waals surface area contributed by atoms with Gasteiger partial charge in [0.1, 0.15) is 0 Å². The first kappa shape index (κ1) is 13.5. The van der Waals surface area contributed by atoms with Crippen LogP contribution in [-0.4, -0.2) is 16.2 Å². The maximum absolute atomic E-state index is 6.14. The minimum Gasteiger partial charge on any atom is -0.339 e. The van der Waals surface area contributed by atoms with Gasteiger partial charge in [0.15, 0.2) is 5.82 Å². The Morgan fingerprint density at radius 1 is 1.39 bits per heavy atom. The van der Waals surface area contributed by atoms with Crippen molar-refractivity contribution in [3.05, 3.63) is 11.7 Å². The van der Waals surface area contributed by atoms with Gasteiger partial charge in [-0.15, -0.1) is 0 Å². The van der Waals surface area contributed by atoms with E-state index in [9.17, 15) is 0 Å². The van der Waals surface area contributed by atoms with E-state index in [1.54, 1.807) is 0 Å². The molecule has 3 atom stereocenters. The molecule has 3 unspecified atom stereocenters. The van der Waals surface area contributed by atoms with Gasteiger partial charge in [-0.2, -0.15) is 4.98 Å². The molecule has 1 saturated carbocycles. The summed E-state index contributed by atoms with van der Waals surface area (Å²) in [7, 11) is 0. The molecule has 1 fully saturated rings. The second kappa shape index (κ2) is 5.00. The Morgan fingerprint density at radius 3 is 2.67 bits per heavy atom. The zero-order valence-electron chi connectivity index (χ0n) is 11.9. The van der Waals surface area contributed by atoms with Gasteiger partial charge in [-0.25, -0.2) is 0 Å². The van der Waals surface area contributed by atoms with Crippen LogP contribution in [0.5, 0.6) is 0 Å². The van der Waals surface area contributed by atoms with Crippen molar-refractivity contribution in [1.82, 2.24) is 10.1 Å². The fraction of sp³-hybridized carbons (Fsp3) is 0.857. The van der Waals surface area contributed by atoms with E-state index in [1.165, 1.54) is 19.3 Å². The van der Waals surface area contributed by atoms with E-state index in [2.05, 4.69) is 37.8 Å². The number of nitrogens with two attached hydrogens (primary N) is 1. The van der Waals surface area contributed by atoms with Crippen molar-refractivity contribution < 1.29 is 4.52 Å². The predicted molar refractivity (Wildman–Crippen MR) is 71.2 cm³/mol. The molecular formula is C14H25N3O. The van der Waals surface area contributed by atoms with Gasteiger partial charge in [0.2, 0.25) is 5.89 Å². The van der Waals surface area contributed by atoms with E-state index in [0.717, 1.165) is 11.7 Å². The molecule has 0 aromatic carbocycles.